The van der Waals surface area contributed by atoms with Gasteiger partial charge in [0.1, 0.15) is 11.4 Å². The second-order valence-electron chi connectivity index (χ2n) is 8.41. The summed E-state index contributed by atoms with van der Waals surface area (Å²) < 4.78 is 11.0. The number of benzene rings is 1. The van der Waals surface area contributed by atoms with E-state index in [4.69, 9.17) is 9.47 Å². The molecule has 3 rings (SSSR count). The van der Waals surface area contributed by atoms with Gasteiger partial charge in [-0.05, 0) is 77.6 Å². The van der Waals surface area contributed by atoms with Crippen LogP contribution in [0.25, 0.3) is 0 Å². The topological polar surface area (TPSA) is 38.8 Å². The Morgan fingerprint density at radius 2 is 1.72 bits per heavy atom. The highest BCUT2D eigenvalue weighted by molar-refractivity contribution is 8.00. The lowest BCUT2D eigenvalue weighted by atomic mass is 9.91. The average molecular weight is 364 g/mol. The van der Waals surface area contributed by atoms with Crippen molar-refractivity contribution in [3.63, 3.8) is 0 Å². The lowest BCUT2D eigenvalue weighted by molar-refractivity contribution is 0.00522. The molecule has 1 aromatic carbocycles. The average Bonchev–Trinajstić information content (AvgIpc) is 2.79. The van der Waals surface area contributed by atoms with E-state index < -0.39 is 5.60 Å². The molecule has 2 saturated heterocycles. The molecule has 138 valence electrons. The molecule has 0 spiro atoms. The van der Waals surface area contributed by atoms with Gasteiger partial charge in [0.15, 0.2) is 0 Å². The van der Waals surface area contributed by atoms with Gasteiger partial charge in [0.05, 0.1) is 7.11 Å². The van der Waals surface area contributed by atoms with Crippen LogP contribution in [-0.2, 0) is 4.74 Å². The quantitative estimate of drug-likeness (QED) is 0.748. The van der Waals surface area contributed by atoms with E-state index in [2.05, 4.69) is 19.1 Å². The van der Waals surface area contributed by atoms with Crippen LogP contribution in [0.5, 0.6) is 5.75 Å². The zero-order valence-electron chi connectivity index (χ0n) is 15.9. The van der Waals surface area contributed by atoms with Crippen LogP contribution < -0.4 is 4.74 Å². The molecule has 0 radical (unpaired) electrons. The number of nitrogens with zero attached hydrogens (tertiary/aromatic N) is 1. The molecule has 0 aromatic heterocycles. The number of carbonyl (C=O) groups is 1. The van der Waals surface area contributed by atoms with Crippen molar-refractivity contribution in [2.45, 2.75) is 80.7 Å². The number of hydrogen-bond donors (Lipinski definition) is 0. The molecular weight excluding hydrogens is 334 g/mol. The predicted octanol–water partition coefficient (Wildman–Crippen LogP) is 5.11. The fraction of sp³-hybridized carbons (Fsp3) is 0.650. The van der Waals surface area contributed by atoms with Gasteiger partial charge < -0.3 is 14.4 Å². The molecule has 2 bridgehead atoms. The summed E-state index contributed by atoms with van der Waals surface area (Å²) in [4.78, 5) is 15.9. The first-order chi connectivity index (χ1) is 11.7. The van der Waals surface area contributed by atoms with Gasteiger partial charge in [0, 0.05) is 21.7 Å². The second-order valence-corrected chi connectivity index (χ2v) is 10.1. The smallest absolute Gasteiger partial charge is 0.410 e. The van der Waals surface area contributed by atoms with Gasteiger partial charge >= 0.3 is 6.09 Å². The molecule has 3 atom stereocenters. The Labute approximate surface area is 155 Å². The molecule has 5 heteroatoms. The van der Waals surface area contributed by atoms with Crippen LogP contribution in [0.2, 0.25) is 0 Å². The van der Waals surface area contributed by atoms with Crippen LogP contribution in [0.4, 0.5) is 4.79 Å². The van der Waals surface area contributed by atoms with E-state index in [0.29, 0.717) is 12.1 Å². The monoisotopic (exact) mass is 363 g/mol. The number of ether oxygens (including phenoxy) is 2. The summed E-state index contributed by atoms with van der Waals surface area (Å²) in [7, 11) is 1.69. The summed E-state index contributed by atoms with van der Waals surface area (Å²) in [5.74, 6) is 0.884. The summed E-state index contributed by atoms with van der Waals surface area (Å²) in [5.41, 5.74) is -0.435. The number of thioether (sulfide) groups is 1. The molecular formula is C20H29NO3S. The summed E-state index contributed by atoms with van der Waals surface area (Å²) >= 11 is 1.93. The van der Waals surface area contributed by atoms with Gasteiger partial charge in [-0.25, -0.2) is 4.79 Å². The highest BCUT2D eigenvalue weighted by Gasteiger charge is 2.49. The van der Waals surface area contributed by atoms with Crippen molar-refractivity contribution < 1.29 is 14.3 Å². The van der Waals surface area contributed by atoms with Crippen LogP contribution >= 0.6 is 11.8 Å². The molecule has 1 amide bonds. The standard InChI is InChI=1S/C20H29NO3S/c1-19(2,3)24-18(22)21-14-6-7-15(21)13-20(4,12-14)25-17-10-8-16(23-5)9-11-17/h8-11,14-15H,6-7,12-13H2,1-5H3/t14-,15+,20?. The largest absolute Gasteiger partial charge is 0.497 e. The Morgan fingerprint density at radius 1 is 1.16 bits per heavy atom. The van der Waals surface area contributed by atoms with Crippen LogP contribution in [0.15, 0.2) is 29.2 Å². The van der Waals surface area contributed by atoms with E-state index in [-0.39, 0.29) is 10.8 Å². The second kappa shape index (κ2) is 6.75. The Bertz CT molecular complexity index is 609. The number of fused-ring (bicyclic) bond motifs is 2. The molecule has 2 fully saturated rings. The van der Waals surface area contributed by atoms with Gasteiger partial charge in [-0.2, -0.15) is 0 Å². The Hall–Kier alpha value is -1.36. The molecule has 25 heavy (non-hydrogen) atoms. The van der Waals surface area contributed by atoms with E-state index in [9.17, 15) is 4.79 Å². The minimum absolute atomic E-state index is 0.142. The Kier molecular flexibility index (Phi) is 4.97. The van der Waals surface area contributed by atoms with Gasteiger partial charge in [-0.1, -0.05) is 0 Å². The third-order valence-corrected chi connectivity index (χ3v) is 6.32. The minimum Gasteiger partial charge on any atom is -0.497 e. The van der Waals surface area contributed by atoms with E-state index >= 15 is 0 Å². The first-order valence-electron chi connectivity index (χ1n) is 9.03. The fourth-order valence-electron chi connectivity index (χ4n) is 4.07. The van der Waals surface area contributed by atoms with Crippen molar-refractivity contribution in [2.75, 3.05) is 7.11 Å². The summed E-state index contributed by atoms with van der Waals surface area (Å²) in [5, 5.41) is 0. The Balaban J connectivity index is 1.68. The van der Waals surface area contributed by atoms with E-state index in [1.807, 2.05) is 49.6 Å². The minimum atomic E-state index is -0.435. The van der Waals surface area contributed by atoms with Crippen molar-refractivity contribution in [3.8, 4) is 5.75 Å². The van der Waals surface area contributed by atoms with Gasteiger partial charge in [-0.3, -0.25) is 0 Å². The number of piperidine rings is 1. The lowest BCUT2D eigenvalue weighted by Gasteiger charge is -2.44. The number of amides is 1. The molecule has 2 aliphatic heterocycles. The lowest BCUT2D eigenvalue weighted by Crippen LogP contribution is -2.52. The van der Waals surface area contributed by atoms with Crippen LogP contribution in [0, 0.1) is 0 Å². The molecule has 1 unspecified atom stereocenters. The normalized spacial score (nSPS) is 28.8. The maximum atomic E-state index is 12.6. The van der Waals surface area contributed by atoms with Crippen molar-refractivity contribution in [1.82, 2.24) is 4.90 Å². The van der Waals surface area contributed by atoms with Crippen molar-refractivity contribution in [1.29, 1.82) is 0 Å². The molecule has 2 aliphatic rings. The zero-order chi connectivity index (χ0) is 18.2. The van der Waals surface area contributed by atoms with Crippen molar-refractivity contribution in [2.24, 2.45) is 0 Å². The summed E-state index contributed by atoms with van der Waals surface area (Å²) in [6, 6.07) is 8.86. The van der Waals surface area contributed by atoms with Crippen LogP contribution in [-0.4, -0.2) is 40.5 Å². The molecule has 2 heterocycles. The molecule has 4 nitrogen and oxygen atoms in total. The highest BCUT2D eigenvalue weighted by atomic mass is 32.2. The fourth-order valence-corrected chi connectivity index (χ4v) is 5.46. The summed E-state index contributed by atoms with van der Waals surface area (Å²) in [6.45, 7) is 8.13. The third-order valence-electron chi connectivity index (χ3n) is 4.98. The number of hydrogen-bond acceptors (Lipinski definition) is 4. The first kappa shape index (κ1) is 18.4. The van der Waals surface area contributed by atoms with E-state index in [1.54, 1.807) is 7.11 Å². The zero-order valence-corrected chi connectivity index (χ0v) is 16.7. The highest BCUT2D eigenvalue weighted by Crippen LogP contribution is 2.49. The van der Waals surface area contributed by atoms with Crippen molar-refractivity contribution in [3.05, 3.63) is 24.3 Å². The molecule has 1 aromatic rings. The molecule has 0 aliphatic carbocycles. The Morgan fingerprint density at radius 3 is 2.20 bits per heavy atom. The number of methoxy groups -OCH3 is 1. The maximum absolute atomic E-state index is 12.6. The SMILES string of the molecule is COc1ccc(SC2(C)C[C@H]3CC[C@@H](C2)N3C(=O)OC(C)(C)C)cc1. The summed E-state index contributed by atoms with van der Waals surface area (Å²) in [6.07, 6.45) is 4.06. The van der Waals surface area contributed by atoms with Gasteiger partial charge in [0.2, 0.25) is 0 Å². The van der Waals surface area contributed by atoms with Gasteiger partial charge in [0.25, 0.3) is 0 Å². The van der Waals surface area contributed by atoms with Crippen LogP contribution in [0.3, 0.4) is 0 Å². The maximum Gasteiger partial charge on any atom is 0.410 e. The van der Waals surface area contributed by atoms with Crippen molar-refractivity contribution >= 4 is 17.9 Å². The molecule has 0 N–H and O–H groups in total. The van der Waals surface area contributed by atoms with E-state index in [1.165, 1.54) is 4.90 Å². The first-order valence-corrected chi connectivity index (χ1v) is 9.85. The number of rotatable bonds is 3. The third kappa shape index (κ3) is 4.25. The van der Waals surface area contributed by atoms with Crippen LogP contribution in [0.1, 0.15) is 53.4 Å². The molecule has 0 saturated carbocycles. The van der Waals surface area contributed by atoms with E-state index in [0.717, 1.165) is 31.4 Å². The number of carbonyl (C=O) groups excluding carboxylic acids is 1. The van der Waals surface area contributed by atoms with Gasteiger partial charge in [-0.15, -0.1) is 11.8 Å². The predicted molar refractivity (Wildman–Crippen MR) is 101 cm³/mol.